The second-order valence-corrected chi connectivity index (χ2v) is 8.58. The molecule has 1 heterocycles. The Labute approximate surface area is 163 Å². The minimum absolute atomic E-state index is 0.231. The van der Waals surface area contributed by atoms with Gasteiger partial charge in [-0.1, -0.05) is 19.8 Å². The van der Waals surface area contributed by atoms with Crippen molar-refractivity contribution in [2.75, 3.05) is 6.54 Å². The van der Waals surface area contributed by atoms with Crippen LogP contribution in [0.4, 0.5) is 0 Å². The number of carboxylic acid groups (broad SMARTS) is 1. The van der Waals surface area contributed by atoms with Gasteiger partial charge >= 0.3 is 5.97 Å². The summed E-state index contributed by atoms with van der Waals surface area (Å²) in [6.45, 7) is 2.84. The molecule has 0 bridgehead atoms. The number of hydrogen-bond acceptors (Lipinski definition) is 4. The molecule has 6 heteroatoms. The summed E-state index contributed by atoms with van der Waals surface area (Å²) in [6, 6.07) is 0.258. The third-order valence-electron chi connectivity index (χ3n) is 5.22. The SMILES string of the molecule is CC(S)CCCC(O)CC[C@H]1CCCC(=O)N1CCCCCCC(=O)O. The molecule has 152 valence electrons. The average Bonchev–Trinajstić information content (AvgIpc) is 2.57. The van der Waals surface area contributed by atoms with Gasteiger partial charge in [-0.15, -0.1) is 0 Å². The van der Waals surface area contributed by atoms with Crippen LogP contribution in [-0.4, -0.2) is 50.9 Å². The van der Waals surface area contributed by atoms with E-state index < -0.39 is 5.97 Å². The lowest BCUT2D eigenvalue weighted by atomic mass is 9.94. The normalized spacial score (nSPS) is 20.2. The minimum Gasteiger partial charge on any atom is -0.481 e. The van der Waals surface area contributed by atoms with Crippen molar-refractivity contribution in [1.29, 1.82) is 0 Å². The van der Waals surface area contributed by atoms with Crippen LogP contribution in [0, 0.1) is 0 Å². The monoisotopic (exact) mass is 387 g/mol. The number of piperidine rings is 1. The molecule has 1 aliphatic heterocycles. The summed E-state index contributed by atoms with van der Waals surface area (Å²) < 4.78 is 0. The lowest BCUT2D eigenvalue weighted by Gasteiger charge is -2.36. The highest BCUT2D eigenvalue weighted by atomic mass is 32.1. The first-order valence-electron chi connectivity index (χ1n) is 10.3. The zero-order valence-corrected chi connectivity index (χ0v) is 17.1. The fraction of sp³-hybridized carbons (Fsp3) is 0.900. The maximum absolute atomic E-state index is 12.3. The third-order valence-corrected chi connectivity index (χ3v) is 5.48. The van der Waals surface area contributed by atoms with E-state index in [1.165, 1.54) is 0 Å². The predicted molar refractivity (Wildman–Crippen MR) is 108 cm³/mol. The van der Waals surface area contributed by atoms with E-state index >= 15 is 0 Å². The first-order valence-corrected chi connectivity index (χ1v) is 10.8. The number of hydrogen-bond donors (Lipinski definition) is 3. The summed E-state index contributed by atoms with van der Waals surface area (Å²) in [5.74, 6) is -0.496. The van der Waals surface area contributed by atoms with Crippen molar-refractivity contribution in [3.8, 4) is 0 Å². The number of carbonyl (C=O) groups excluding carboxylic acids is 1. The molecule has 26 heavy (non-hydrogen) atoms. The largest absolute Gasteiger partial charge is 0.481 e. The van der Waals surface area contributed by atoms with E-state index in [0.29, 0.717) is 18.1 Å². The Morgan fingerprint density at radius 2 is 1.92 bits per heavy atom. The van der Waals surface area contributed by atoms with Crippen molar-refractivity contribution in [3.05, 3.63) is 0 Å². The summed E-state index contributed by atoms with van der Waals surface area (Å²) in [7, 11) is 0. The standard InChI is InChI=1S/C20H37NO4S/c1-16(26)8-6-10-18(22)14-13-17-9-7-11-19(23)21(17)15-5-3-2-4-12-20(24)25/h16-18,22,26H,2-15H2,1H3,(H,24,25)/t16?,17-,18?/m1/s1. The number of aliphatic hydroxyl groups excluding tert-OH is 1. The highest BCUT2D eigenvalue weighted by Gasteiger charge is 2.27. The second-order valence-electron chi connectivity index (χ2n) is 7.70. The van der Waals surface area contributed by atoms with Crippen LogP contribution in [0.15, 0.2) is 0 Å². The van der Waals surface area contributed by atoms with Crippen LogP contribution in [0.1, 0.15) is 90.4 Å². The number of carbonyl (C=O) groups is 2. The maximum Gasteiger partial charge on any atom is 0.303 e. The fourth-order valence-electron chi connectivity index (χ4n) is 3.69. The van der Waals surface area contributed by atoms with E-state index in [2.05, 4.69) is 19.6 Å². The Bertz CT molecular complexity index is 417. The summed E-state index contributed by atoms with van der Waals surface area (Å²) in [6.07, 6.45) is 10.6. The van der Waals surface area contributed by atoms with Crippen LogP contribution in [0.2, 0.25) is 0 Å². The molecule has 0 spiro atoms. The fourth-order valence-corrected chi connectivity index (χ4v) is 3.87. The van der Waals surface area contributed by atoms with Gasteiger partial charge in [-0.3, -0.25) is 9.59 Å². The topological polar surface area (TPSA) is 77.8 Å². The van der Waals surface area contributed by atoms with E-state index in [0.717, 1.165) is 70.8 Å². The number of thiol groups is 1. The number of nitrogens with zero attached hydrogens (tertiary/aromatic N) is 1. The van der Waals surface area contributed by atoms with Gasteiger partial charge in [0.1, 0.15) is 0 Å². The first kappa shape index (κ1) is 23.3. The summed E-state index contributed by atoms with van der Waals surface area (Å²) in [4.78, 5) is 24.8. The van der Waals surface area contributed by atoms with E-state index in [4.69, 9.17) is 5.11 Å². The number of aliphatic hydroxyl groups is 1. The molecule has 1 aliphatic rings. The van der Waals surface area contributed by atoms with Gasteiger partial charge in [0.15, 0.2) is 0 Å². The minimum atomic E-state index is -0.737. The van der Waals surface area contributed by atoms with Crippen molar-refractivity contribution >= 4 is 24.5 Å². The molecule has 1 fully saturated rings. The predicted octanol–water partition coefficient (Wildman–Crippen LogP) is 4.03. The molecule has 1 rings (SSSR count). The van der Waals surface area contributed by atoms with E-state index in [-0.39, 0.29) is 24.5 Å². The average molecular weight is 388 g/mol. The number of carboxylic acids is 1. The zero-order valence-electron chi connectivity index (χ0n) is 16.2. The van der Waals surface area contributed by atoms with Crippen molar-refractivity contribution in [2.24, 2.45) is 0 Å². The van der Waals surface area contributed by atoms with Crippen LogP contribution in [0.5, 0.6) is 0 Å². The van der Waals surface area contributed by atoms with E-state index in [9.17, 15) is 14.7 Å². The van der Waals surface area contributed by atoms with Crippen molar-refractivity contribution in [3.63, 3.8) is 0 Å². The van der Waals surface area contributed by atoms with Gasteiger partial charge in [-0.05, 0) is 63.0 Å². The smallest absolute Gasteiger partial charge is 0.303 e. The molecule has 1 saturated heterocycles. The number of unbranched alkanes of at least 4 members (excludes halogenated alkanes) is 3. The summed E-state index contributed by atoms with van der Waals surface area (Å²) in [5, 5.41) is 19.2. The van der Waals surface area contributed by atoms with E-state index in [1.54, 1.807) is 0 Å². The van der Waals surface area contributed by atoms with Gasteiger partial charge in [0.05, 0.1) is 6.10 Å². The van der Waals surface area contributed by atoms with Gasteiger partial charge in [0.25, 0.3) is 0 Å². The van der Waals surface area contributed by atoms with Crippen LogP contribution < -0.4 is 0 Å². The van der Waals surface area contributed by atoms with Crippen LogP contribution >= 0.6 is 12.6 Å². The Morgan fingerprint density at radius 1 is 1.19 bits per heavy atom. The molecule has 0 aliphatic carbocycles. The molecule has 0 radical (unpaired) electrons. The Balaban J connectivity index is 2.28. The Morgan fingerprint density at radius 3 is 2.62 bits per heavy atom. The maximum atomic E-state index is 12.3. The lowest BCUT2D eigenvalue weighted by molar-refractivity contribution is -0.137. The van der Waals surface area contributed by atoms with Crippen molar-refractivity contribution < 1.29 is 19.8 Å². The highest BCUT2D eigenvalue weighted by molar-refractivity contribution is 7.80. The van der Waals surface area contributed by atoms with Crippen molar-refractivity contribution in [2.45, 2.75) is 108 Å². The quantitative estimate of drug-likeness (QED) is 0.311. The van der Waals surface area contributed by atoms with Gasteiger partial charge in [-0.2, -0.15) is 12.6 Å². The first-order chi connectivity index (χ1) is 12.4. The molecule has 0 aromatic rings. The second kappa shape index (κ2) is 13.4. The summed E-state index contributed by atoms with van der Waals surface area (Å²) >= 11 is 4.37. The molecule has 2 unspecified atom stereocenters. The van der Waals surface area contributed by atoms with Crippen LogP contribution in [-0.2, 0) is 9.59 Å². The molecule has 1 amide bonds. The van der Waals surface area contributed by atoms with Crippen LogP contribution in [0.3, 0.4) is 0 Å². The Kier molecular flexibility index (Phi) is 12.0. The third kappa shape index (κ3) is 10.4. The highest BCUT2D eigenvalue weighted by Crippen LogP contribution is 2.24. The number of rotatable bonds is 14. The molecular weight excluding hydrogens is 350 g/mol. The van der Waals surface area contributed by atoms with Gasteiger partial charge in [0, 0.05) is 25.4 Å². The number of aliphatic carboxylic acids is 1. The van der Waals surface area contributed by atoms with Crippen molar-refractivity contribution in [1.82, 2.24) is 4.90 Å². The lowest BCUT2D eigenvalue weighted by Crippen LogP contribution is -2.44. The molecule has 0 saturated carbocycles. The number of likely N-dealkylation sites (tertiary alicyclic amines) is 1. The van der Waals surface area contributed by atoms with Crippen LogP contribution in [0.25, 0.3) is 0 Å². The van der Waals surface area contributed by atoms with Gasteiger partial charge in [-0.25, -0.2) is 0 Å². The molecule has 3 atom stereocenters. The zero-order chi connectivity index (χ0) is 19.4. The van der Waals surface area contributed by atoms with Gasteiger partial charge < -0.3 is 15.1 Å². The van der Waals surface area contributed by atoms with E-state index in [1.807, 2.05) is 4.90 Å². The molecule has 2 N–H and O–H groups in total. The Hall–Kier alpha value is -0.750. The molecule has 0 aromatic heterocycles. The molecular formula is C20H37NO4S. The number of amides is 1. The molecule has 0 aromatic carbocycles. The van der Waals surface area contributed by atoms with Gasteiger partial charge in [0.2, 0.25) is 5.91 Å². The molecule has 5 nitrogen and oxygen atoms in total. The summed E-state index contributed by atoms with van der Waals surface area (Å²) in [5.41, 5.74) is 0.